The first kappa shape index (κ1) is 13.4. The fourth-order valence-corrected chi connectivity index (χ4v) is 1.57. The minimum Gasteiger partial charge on any atom is -0.300 e. The summed E-state index contributed by atoms with van der Waals surface area (Å²) >= 11 is 1.71. The molecule has 0 aliphatic heterocycles. The van der Waals surface area contributed by atoms with Crippen molar-refractivity contribution < 1.29 is 4.79 Å². The molecule has 0 saturated heterocycles. The van der Waals surface area contributed by atoms with E-state index in [1.807, 2.05) is 36.7 Å². The Morgan fingerprint density at radius 2 is 1.71 bits per heavy atom. The molecule has 2 heteroatoms. The van der Waals surface area contributed by atoms with Crippen LogP contribution in [0.2, 0.25) is 0 Å². The van der Waals surface area contributed by atoms with Gasteiger partial charge in [0.15, 0.2) is 0 Å². The number of carbonyl (C=O) groups is 1. The summed E-state index contributed by atoms with van der Waals surface area (Å²) in [7, 11) is 0. The number of Topliss-reactive ketones (excluding diaryl/α,β-unsaturated/α-hetero) is 1. The van der Waals surface area contributed by atoms with Gasteiger partial charge in [-0.1, -0.05) is 32.9 Å². The van der Waals surface area contributed by atoms with Gasteiger partial charge in [-0.2, -0.15) is 11.3 Å². The maximum atomic E-state index is 10.4. The Morgan fingerprint density at radius 3 is 1.79 bits per heavy atom. The number of thiophene rings is 1. The molecule has 2 unspecified atom stereocenters. The first-order valence-corrected chi connectivity index (χ1v) is 6.13. The van der Waals surface area contributed by atoms with Crippen LogP contribution >= 0.6 is 11.3 Å². The van der Waals surface area contributed by atoms with E-state index in [-0.39, 0.29) is 0 Å². The van der Waals surface area contributed by atoms with E-state index in [0.29, 0.717) is 17.6 Å². The molecular formula is C12H20OS. The lowest BCUT2D eigenvalue weighted by Crippen LogP contribution is -1.92. The molecule has 0 spiro atoms. The fourth-order valence-electron chi connectivity index (χ4n) is 1.12. The molecule has 1 nitrogen and oxygen atoms in total. The zero-order valence-corrected chi connectivity index (χ0v) is 10.3. The zero-order chi connectivity index (χ0) is 11.0. The molecule has 1 saturated carbocycles. The third-order valence-electron chi connectivity index (χ3n) is 2.06. The molecule has 1 aromatic heterocycles. The summed E-state index contributed by atoms with van der Waals surface area (Å²) in [5.74, 6) is 1.49. The van der Waals surface area contributed by atoms with Crippen LogP contribution in [-0.2, 0) is 4.79 Å². The van der Waals surface area contributed by atoms with Crippen molar-refractivity contribution in [1.82, 2.24) is 0 Å². The van der Waals surface area contributed by atoms with Gasteiger partial charge in [-0.3, -0.25) is 4.79 Å². The summed E-state index contributed by atoms with van der Waals surface area (Å²) in [6.45, 7) is 7.79. The molecule has 1 aromatic rings. The van der Waals surface area contributed by atoms with Crippen LogP contribution in [-0.4, -0.2) is 5.78 Å². The summed E-state index contributed by atoms with van der Waals surface area (Å²) in [6, 6.07) is 4.04. The van der Waals surface area contributed by atoms with E-state index < -0.39 is 0 Å². The Bertz CT molecular complexity index is 211. The van der Waals surface area contributed by atoms with E-state index in [9.17, 15) is 4.79 Å². The number of hydrogen-bond donors (Lipinski definition) is 0. The van der Waals surface area contributed by atoms with Crippen molar-refractivity contribution in [3.05, 3.63) is 22.9 Å². The van der Waals surface area contributed by atoms with Gasteiger partial charge in [-0.05, 0) is 30.0 Å². The molecule has 0 N–H and O–H groups in total. The number of ketones is 1. The molecule has 0 bridgehead atoms. The third kappa shape index (κ3) is 5.92. The van der Waals surface area contributed by atoms with Crippen LogP contribution in [0.3, 0.4) is 0 Å². The standard InChI is InChI=1S/C6H10O.C4H4S.C2H6/c1-4-3-6(4)5(2)7;1-2-4-5-3-1;1-2/h4,6H,3H2,1-2H3;1-4H;1-2H3. The molecule has 1 aliphatic carbocycles. The van der Waals surface area contributed by atoms with Crippen molar-refractivity contribution in [2.24, 2.45) is 11.8 Å². The van der Waals surface area contributed by atoms with Gasteiger partial charge in [-0.25, -0.2) is 0 Å². The topological polar surface area (TPSA) is 17.1 Å². The van der Waals surface area contributed by atoms with Crippen molar-refractivity contribution in [2.45, 2.75) is 34.1 Å². The predicted molar refractivity (Wildman–Crippen MR) is 63.6 cm³/mol. The molecule has 2 atom stereocenters. The minimum absolute atomic E-state index is 0.368. The van der Waals surface area contributed by atoms with E-state index in [2.05, 4.69) is 6.92 Å². The number of hydrogen-bond acceptors (Lipinski definition) is 2. The molecule has 14 heavy (non-hydrogen) atoms. The monoisotopic (exact) mass is 212 g/mol. The van der Waals surface area contributed by atoms with Gasteiger partial charge in [0.2, 0.25) is 0 Å². The summed E-state index contributed by atoms with van der Waals surface area (Å²) in [6.07, 6.45) is 1.13. The smallest absolute Gasteiger partial charge is 0.133 e. The zero-order valence-electron chi connectivity index (χ0n) is 9.49. The van der Waals surface area contributed by atoms with Gasteiger partial charge in [-0.15, -0.1) is 0 Å². The summed E-state index contributed by atoms with van der Waals surface area (Å²) in [5.41, 5.74) is 0. The highest BCUT2D eigenvalue weighted by molar-refractivity contribution is 7.07. The SMILES string of the molecule is CC.CC(=O)C1CC1C.c1ccsc1. The Morgan fingerprint density at radius 1 is 1.29 bits per heavy atom. The Kier molecular flexibility index (Phi) is 7.40. The molecule has 0 radical (unpaired) electrons. The highest BCUT2D eigenvalue weighted by atomic mass is 32.1. The molecule has 1 aliphatic rings. The van der Waals surface area contributed by atoms with Crippen LogP contribution in [0.15, 0.2) is 22.9 Å². The predicted octanol–water partition coefficient (Wildman–Crippen LogP) is 4.01. The second-order valence-corrected chi connectivity index (χ2v) is 4.04. The van der Waals surface area contributed by atoms with Gasteiger partial charge in [0, 0.05) is 5.92 Å². The van der Waals surface area contributed by atoms with Crippen molar-refractivity contribution >= 4 is 17.1 Å². The van der Waals surface area contributed by atoms with Crippen LogP contribution < -0.4 is 0 Å². The maximum Gasteiger partial charge on any atom is 0.133 e. The van der Waals surface area contributed by atoms with Crippen LogP contribution in [0.4, 0.5) is 0 Å². The average molecular weight is 212 g/mol. The van der Waals surface area contributed by atoms with Crippen molar-refractivity contribution in [3.8, 4) is 0 Å². The van der Waals surface area contributed by atoms with Crippen LogP contribution in [0.25, 0.3) is 0 Å². The Balaban J connectivity index is 0.000000213. The number of carbonyl (C=O) groups excluding carboxylic acids is 1. The fraction of sp³-hybridized carbons (Fsp3) is 0.583. The Hall–Kier alpha value is -0.630. The van der Waals surface area contributed by atoms with Crippen molar-refractivity contribution in [3.63, 3.8) is 0 Å². The molecule has 1 fully saturated rings. The van der Waals surface area contributed by atoms with Gasteiger partial charge >= 0.3 is 0 Å². The lowest BCUT2D eigenvalue weighted by Gasteiger charge is -1.80. The van der Waals surface area contributed by atoms with Crippen molar-refractivity contribution in [1.29, 1.82) is 0 Å². The van der Waals surface area contributed by atoms with Crippen molar-refractivity contribution in [2.75, 3.05) is 0 Å². The molecule has 2 rings (SSSR count). The first-order chi connectivity index (χ1) is 6.72. The largest absolute Gasteiger partial charge is 0.300 e. The van der Waals surface area contributed by atoms with Gasteiger partial charge in [0.05, 0.1) is 0 Å². The minimum atomic E-state index is 0.368. The van der Waals surface area contributed by atoms with E-state index >= 15 is 0 Å². The van der Waals surface area contributed by atoms with Crippen LogP contribution in [0.5, 0.6) is 0 Å². The van der Waals surface area contributed by atoms with E-state index in [1.165, 1.54) is 0 Å². The summed E-state index contributed by atoms with van der Waals surface area (Å²) < 4.78 is 0. The second-order valence-electron chi connectivity index (χ2n) is 3.22. The summed E-state index contributed by atoms with van der Waals surface area (Å²) in [5, 5.41) is 4.08. The van der Waals surface area contributed by atoms with E-state index in [4.69, 9.17) is 0 Å². The maximum absolute atomic E-state index is 10.4. The third-order valence-corrected chi connectivity index (χ3v) is 2.69. The first-order valence-electron chi connectivity index (χ1n) is 5.19. The highest BCUT2D eigenvalue weighted by Crippen LogP contribution is 2.37. The molecular weight excluding hydrogens is 192 g/mol. The average Bonchev–Trinajstić information content (AvgIpc) is 2.74. The highest BCUT2D eigenvalue weighted by Gasteiger charge is 2.36. The normalized spacial score (nSPS) is 22.3. The van der Waals surface area contributed by atoms with Crippen LogP contribution in [0.1, 0.15) is 34.1 Å². The molecule has 1 heterocycles. The Labute approximate surface area is 91.2 Å². The molecule has 0 aromatic carbocycles. The molecule has 80 valence electrons. The lowest BCUT2D eigenvalue weighted by molar-refractivity contribution is -0.118. The summed E-state index contributed by atoms with van der Waals surface area (Å²) in [4.78, 5) is 10.4. The van der Waals surface area contributed by atoms with Crippen LogP contribution in [0, 0.1) is 11.8 Å². The van der Waals surface area contributed by atoms with Gasteiger partial charge < -0.3 is 0 Å². The van der Waals surface area contributed by atoms with E-state index in [1.54, 1.807) is 18.3 Å². The second kappa shape index (κ2) is 7.74. The molecule has 0 amide bonds. The number of rotatable bonds is 1. The van der Waals surface area contributed by atoms with Gasteiger partial charge in [0.25, 0.3) is 0 Å². The van der Waals surface area contributed by atoms with E-state index in [0.717, 1.165) is 6.42 Å². The quantitative estimate of drug-likeness (QED) is 0.687. The van der Waals surface area contributed by atoms with Gasteiger partial charge in [0.1, 0.15) is 5.78 Å². The lowest BCUT2D eigenvalue weighted by atomic mass is 10.2.